The van der Waals surface area contributed by atoms with E-state index in [2.05, 4.69) is 15.2 Å². The summed E-state index contributed by atoms with van der Waals surface area (Å²) in [5.74, 6) is 2.42. The number of pyridine rings is 1. The van der Waals surface area contributed by atoms with Crippen molar-refractivity contribution in [2.24, 2.45) is 0 Å². The summed E-state index contributed by atoms with van der Waals surface area (Å²) in [6, 6.07) is 9.49. The molecular formula is C34H49N5O6. The zero-order chi connectivity index (χ0) is 32.8. The van der Waals surface area contributed by atoms with Crippen LogP contribution in [0, 0.1) is 6.92 Å². The highest BCUT2D eigenvalue weighted by molar-refractivity contribution is 5.94. The minimum Gasteiger partial charge on any atom is -0.492 e. The molecule has 3 aromatic rings. The van der Waals surface area contributed by atoms with Crippen LogP contribution in [-0.4, -0.2) is 66.5 Å². The van der Waals surface area contributed by atoms with E-state index in [0.29, 0.717) is 66.4 Å². The van der Waals surface area contributed by atoms with Crippen molar-refractivity contribution in [2.45, 2.75) is 66.7 Å². The van der Waals surface area contributed by atoms with Gasteiger partial charge in [-0.1, -0.05) is 0 Å². The minimum atomic E-state index is -0.0551. The molecule has 4 rings (SSSR count). The molecule has 0 bridgehead atoms. The van der Waals surface area contributed by atoms with Gasteiger partial charge in [-0.05, 0) is 94.5 Å². The first-order chi connectivity index (χ1) is 21.7. The van der Waals surface area contributed by atoms with Crippen LogP contribution < -0.4 is 35.7 Å². The zero-order valence-corrected chi connectivity index (χ0v) is 27.2. The summed E-state index contributed by atoms with van der Waals surface area (Å²) in [4.78, 5) is 19.0. The number of aliphatic hydroxyl groups is 1. The Kier molecular flexibility index (Phi) is 14.0. The molecule has 1 amide bonds. The molecule has 1 aliphatic heterocycles. The van der Waals surface area contributed by atoms with Crippen LogP contribution in [0.25, 0.3) is 0 Å². The van der Waals surface area contributed by atoms with Crippen LogP contribution in [0.4, 0.5) is 11.4 Å². The molecular weight excluding hydrogens is 574 g/mol. The third-order valence-corrected chi connectivity index (χ3v) is 7.18. The Morgan fingerprint density at radius 3 is 1.71 bits per heavy atom. The van der Waals surface area contributed by atoms with Crippen molar-refractivity contribution in [3.8, 4) is 23.0 Å². The van der Waals surface area contributed by atoms with E-state index >= 15 is 0 Å². The minimum absolute atomic E-state index is 0.0501. The Hall–Kier alpha value is -4.22. The van der Waals surface area contributed by atoms with E-state index in [4.69, 9.17) is 35.5 Å². The average molecular weight is 624 g/mol. The van der Waals surface area contributed by atoms with Crippen molar-refractivity contribution in [3.05, 3.63) is 65.0 Å². The summed E-state index contributed by atoms with van der Waals surface area (Å²) in [7, 11) is 0. The molecule has 0 saturated carbocycles. The van der Waals surface area contributed by atoms with Gasteiger partial charge in [0.05, 0.1) is 38.6 Å². The molecule has 11 heteroatoms. The van der Waals surface area contributed by atoms with Gasteiger partial charge in [0.25, 0.3) is 5.91 Å². The first-order valence-corrected chi connectivity index (χ1v) is 15.6. The van der Waals surface area contributed by atoms with Gasteiger partial charge in [-0.2, -0.15) is 0 Å². The van der Waals surface area contributed by atoms with Crippen molar-refractivity contribution < 1.29 is 28.8 Å². The highest BCUT2D eigenvalue weighted by Gasteiger charge is 2.22. The van der Waals surface area contributed by atoms with Gasteiger partial charge in [-0.3, -0.25) is 14.7 Å². The number of hydrogen-bond donors (Lipinski definition) is 4. The number of nitrogens with zero attached hydrogens (tertiary/aromatic N) is 2. The molecule has 1 aromatic heterocycles. The number of carbonyl (C=O) groups excluding carboxylic acids is 1. The molecule has 11 nitrogen and oxygen atoms in total. The van der Waals surface area contributed by atoms with Crippen molar-refractivity contribution in [3.63, 3.8) is 0 Å². The lowest BCUT2D eigenvalue weighted by Gasteiger charge is -2.32. The van der Waals surface area contributed by atoms with E-state index in [1.54, 1.807) is 24.5 Å². The monoisotopic (exact) mass is 623 g/mol. The molecule has 45 heavy (non-hydrogen) atoms. The number of hydrogen-bond acceptors (Lipinski definition) is 10. The Morgan fingerprint density at radius 2 is 1.29 bits per heavy atom. The fraction of sp³-hybridized carbons (Fsp3) is 0.471. The molecule has 1 saturated heterocycles. The molecule has 0 spiro atoms. The van der Waals surface area contributed by atoms with Crippen LogP contribution in [0.1, 0.15) is 67.6 Å². The molecule has 2 aromatic carbocycles. The summed E-state index contributed by atoms with van der Waals surface area (Å²) >= 11 is 0. The SMILES string of the molecule is CCOc1cc(CN2CCC(NC(=O)c3cncc(C)c3)CC2)cc(OCC)c1N.CCOc1cc(CO)cc(OCC)c1N. The number of nitrogen functional groups attached to an aromatic ring is 2. The van der Waals surface area contributed by atoms with E-state index in [1.165, 1.54) is 0 Å². The number of nitrogens with two attached hydrogens (primary N) is 2. The van der Waals surface area contributed by atoms with Gasteiger partial charge in [-0.15, -0.1) is 0 Å². The maximum absolute atomic E-state index is 12.5. The standard InChI is InChI=1S/C23H32N4O3.C11H17NO3/c1-4-29-20-11-17(12-21(22(20)24)30-5-2)15-27-8-6-19(7-9-27)26-23(28)18-10-16(3)13-25-14-18;1-3-14-9-5-8(7-13)6-10(11(9)12)15-4-2/h10-14,19H,4-9,15,24H2,1-3H3,(H,26,28);5-6,13H,3-4,7,12H2,1-2H3. The molecule has 2 heterocycles. The largest absolute Gasteiger partial charge is 0.492 e. The molecule has 0 aliphatic carbocycles. The van der Waals surface area contributed by atoms with Gasteiger partial charge in [0.2, 0.25) is 0 Å². The normalized spacial score (nSPS) is 13.4. The number of carbonyl (C=O) groups is 1. The molecule has 0 radical (unpaired) electrons. The lowest BCUT2D eigenvalue weighted by molar-refractivity contribution is 0.0908. The fourth-order valence-electron chi connectivity index (χ4n) is 5.03. The summed E-state index contributed by atoms with van der Waals surface area (Å²) in [6.45, 7) is 14.3. The Labute approximate surface area is 266 Å². The van der Waals surface area contributed by atoms with Crippen LogP contribution in [0.3, 0.4) is 0 Å². The topological polar surface area (TPSA) is 154 Å². The number of benzene rings is 2. The average Bonchev–Trinajstić information content (AvgIpc) is 3.03. The number of ether oxygens (including phenoxy) is 4. The molecule has 0 atom stereocenters. The number of aryl methyl sites for hydroxylation is 1. The number of anilines is 2. The predicted molar refractivity (Wildman–Crippen MR) is 177 cm³/mol. The number of aromatic nitrogens is 1. The van der Waals surface area contributed by atoms with E-state index in [0.717, 1.165) is 49.2 Å². The number of likely N-dealkylation sites (tertiary alicyclic amines) is 1. The van der Waals surface area contributed by atoms with E-state index < -0.39 is 0 Å². The lowest BCUT2D eigenvalue weighted by atomic mass is 10.0. The van der Waals surface area contributed by atoms with E-state index in [-0.39, 0.29) is 18.6 Å². The van der Waals surface area contributed by atoms with Crippen LogP contribution in [0.2, 0.25) is 0 Å². The second kappa shape index (κ2) is 17.9. The van der Waals surface area contributed by atoms with Gasteiger partial charge in [-0.25, -0.2) is 0 Å². The molecule has 6 N–H and O–H groups in total. The maximum atomic E-state index is 12.5. The fourth-order valence-corrected chi connectivity index (χ4v) is 5.03. The summed E-state index contributed by atoms with van der Waals surface area (Å²) in [6.07, 6.45) is 5.19. The van der Waals surface area contributed by atoms with E-state index in [9.17, 15) is 4.79 Å². The van der Waals surface area contributed by atoms with Gasteiger partial charge in [0.15, 0.2) is 0 Å². The summed E-state index contributed by atoms with van der Waals surface area (Å²) < 4.78 is 22.1. The van der Waals surface area contributed by atoms with Crippen LogP contribution in [0.5, 0.6) is 23.0 Å². The second-order valence-electron chi connectivity index (χ2n) is 10.7. The van der Waals surface area contributed by atoms with Crippen LogP contribution in [0.15, 0.2) is 42.7 Å². The zero-order valence-electron chi connectivity index (χ0n) is 27.2. The van der Waals surface area contributed by atoms with E-state index in [1.807, 2.05) is 52.8 Å². The Balaban J connectivity index is 0.000000309. The molecule has 0 unspecified atom stereocenters. The Morgan fingerprint density at radius 1 is 0.822 bits per heavy atom. The van der Waals surface area contributed by atoms with Crippen molar-refractivity contribution in [1.82, 2.24) is 15.2 Å². The van der Waals surface area contributed by atoms with Gasteiger partial charge >= 0.3 is 0 Å². The number of amides is 1. The van der Waals surface area contributed by atoms with Crippen LogP contribution in [-0.2, 0) is 13.2 Å². The predicted octanol–water partition coefficient (Wildman–Crippen LogP) is 4.72. The summed E-state index contributed by atoms with van der Waals surface area (Å²) in [5, 5.41) is 12.2. The Bertz CT molecular complexity index is 1320. The number of nitrogens with one attached hydrogen (secondary N) is 1. The smallest absolute Gasteiger partial charge is 0.253 e. The highest BCUT2D eigenvalue weighted by Crippen LogP contribution is 2.35. The third kappa shape index (κ3) is 10.4. The maximum Gasteiger partial charge on any atom is 0.253 e. The van der Waals surface area contributed by atoms with Gasteiger partial charge in [0, 0.05) is 38.1 Å². The highest BCUT2D eigenvalue weighted by atomic mass is 16.5. The number of aliphatic hydroxyl groups excluding tert-OH is 1. The molecule has 1 aliphatic rings. The quantitative estimate of drug-likeness (QED) is 0.197. The number of rotatable bonds is 13. The molecule has 1 fully saturated rings. The van der Waals surface area contributed by atoms with Crippen molar-refractivity contribution in [2.75, 3.05) is 51.0 Å². The second-order valence-corrected chi connectivity index (χ2v) is 10.7. The first-order valence-electron chi connectivity index (χ1n) is 15.6. The summed E-state index contributed by atoms with van der Waals surface area (Å²) in [5.41, 5.74) is 16.5. The lowest BCUT2D eigenvalue weighted by Crippen LogP contribution is -2.44. The first kappa shape index (κ1) is 35.3. The van der Waals surface area contributed by atoms with Gasteiger partial charge in [0.1, 0.15) is 34.4 Å². The van der Waals surface area contributed by atoms with Crippen molar-refractivity contribution >= 4 is 17.3 Å². The third-order valence-electron chi connectivity index (χ3n) is 7.18. The van der Waals surface area contributed by atoms with Crippen molar-refractivity contribution in [1.29, 1.82) is 0 Å². The van der Waals surface area contributed by atoms with Gasteiger partial charge < -0.3 is 40.8 Å². The molecule has 246 valence electrons. The van der Waals surface area contributed by atoms with Crippen LogP contribution >= 0.6 is 0 Å². The number of piperidine rings is 1.